The summed E-state index contributed by atoms with van der Waals surface area (Å²) < 4.78 is 2.15. The van der Waals surface area contributed by atoms with Crippen molar-refractivity contribution in [3.05, 3.63) is 45.4 Å². The van der Waals surface area contributed by atoms with Gasteiger partial charge in [0.05, 0.1) is 16.0 Å². The van der Waals surface area contributed by atoms with Crippen molar-refractivity contribution in [3.63, 3.8) is 0 Å². The predicted octanol–water partition coefficient (Wildman–Crippen LogP) is 1.86. The van der Waals surface area contributed by atoms with Crippen molar-refractivity contribution in [2.45, 2.75) is 13.8 Å². The van der Waals surface area contributed by atoms with Crippen LogP contribution >= 0.6 is 0 Å². The summed E-state index contributed by atoms with van der Waals surface area (Å²) in [6.07, 6.45) is 0. The van der Waals surface area contributed by atoms with E-state index in [-0.39, 0.29) is 5.69 Å². The minimum absolute atomic E-state index is 0.150. The second-order valence-corrected chi connectivity index (χ2v) is 4.14. The third-order valence-corrected chi connectivity index (χ3v) is 2.73. The van der Waals surface area contributed by atoms with E-state index in [9.17, 15) is 19.7 Å². The molecular weight excluding hydrogens is 250 g/mol. The Morgan fingerprint density at radius 3 is 2.37 bits per heavy atom. The van der Waals surface area contributed by atoms with Gasteiger partial charge in [0.25, 0.3) is 5.69 Å². The Hall–Kier alpha value is -2.70. The fourth-order valence-electron chi connectivity index (χ4n) is 1.97. The van der Waals surface area contributed by atoms with E-state index in [1.807, 2.05) is 0 Å². The molecule has 2 aromatic rings. The molecule has 7 heteroatoms. The summed E-state index contributed by atoms with van der Waals surface area (Å²) in [6.45, 7) is 6.49. The van der Waals surface area contributed by atoms with Crippen molar-refractivity contribution in [2.75, 3.05) is 0 Å². The lowest BCUT2D eigenvalue weighted by Crippen LogP contribution is -2.26. The first-order valence-corrected chi connectivity index (χ1v) is 5.43. The number of nitro benzene ring substituents is 1. The molecule has 0 saturated heterocycles. The number of allylic oxidation sites excluding steroid dienone is 1. The van der Waals surface area contributed by atoms with Crippen LogP contribution in [0, 0.1) is 10.1 Å². The number of imidazole rings is 1. The number of rotatable bonds is 2. The van der Waals surface area contributed by atoms with Crippen molar-refractivity contribution < 1.29 is 9.72 Å². The Morgan fingerprint density at radius 2 is 1.89 bits per heavy atom. The number of hydrogen-bond acceptors (Lipinski definition) is 4. The molecule has 1 heterocycles. The Morgan fingerprint density at radius 1 is 1.26 bits per heavy atom. The summed E-state index contributed by atoms with van der Waals surface area (Å²) in [6, 6.07) is 3.89. The van der Waals surface area contributed by atoms with Gasteiger partial charge >= 0.3 is 5.69 Å². The van der Waals surface area contributed by atoms with Gasteiger partial charge in [-0.15, -0.1) is 0 Å². The SMILES string of the molecule is C=C(C)n1c(=O)n(C(C)=O)c2ccc([N+](=O)[O-])cc21. The summed E-state index contributed by atoms with van der Waals surface area (Å²) in [5, 5.41) is 10.8. The van der Waals surface area contributed by atoms with E-state index in [1.54, 1.807) is 6.92 Å². The van der Waals surface area contributed by atoms with Gasteiger partial charge in [0, 0.05) is 24.8 Å². The number of fused-ring (bicyclic) bond motifs is 1. The molecule has 2 rings (SSSR count). The molecule has 0 radical (unpaired) electrons. The standard InChI is InChI=1S/C12H11N3O4/c1-7(2)13-11-6-9(15(18)19)4-5-10(11)14(8(3)16)12(13)17/h4-6H,1H2,2-3H3. The van der Waals surface area contributed by atoms with Gasteiger partial charge in [-0.3, -0.25) is 19.5 Å². The molecule has 0 aliphatic rings. The number of non-ortho nitro benzene ring substituents is 1. The average Bonchev–Trinajstić information content (AvgIpc) is 2.59. The Kier molecular flexibility index (Phi) is 2.82. The molecular formula is C12H11N3O4. The lowest BCUT2D eigenvalue weighted by atomic mass is 10.2. The highest BCUT2D eigenvalue weighted by Gasteiger charge is 2.19. The quantitative estimate of drug-likeness (QED) is 0.609. The topological polar surface area (TPSA) is 87.1 Å². The molecule has 0 spiro atoms. The number of aromatic nitrogens is 2. The van der Waals surface area contributed by atoms with E-state index in [0.717, 1.165) is 4.57 Å². The summed E-state index contributed by atoms with van der Waals surface area (Å²) >= 11 is 0. The molecule has 98 valence electrons. The summed E-state index contributed by atoms with van der Waals surface area (Å²) in [4.78, 5) is 33.9. The number of carbonyl (C=O) groups excluding carboxylic acids is 1. The Bertz CT molecular complexity index is 782. The molecule has 7 nitrogen and oxygen atoms in total. The molecule has 0 saturated carbocycles. The van der Waals surface area contributed by atoms with E-state index in [1.165, 1.54) is 29.7 Å². The molecule has 0 atom stereocenters. The average molecular weight is 261 g/mol. The van der Waals surface area contributed by atoms with E-state index >= 15 is 0 Å². The van der Waals surface area contributed by atoms with Crippen LogP contribution < -0.4 is 5.69 Å². The van der Waals surface area contributed by atoms with E-state index in [2.05, 4.69) is 6.58 Å². The van der Waals surface area contributed by atoms with Gasteiger partial charge in [-0.1, -0.05) is 6.58 Å². The predicted molar refractivity (Wildman–Crippen MR) is 70.2 cm³/mol. The summed E-state index contributed by atoms with van der Waals surface area (Å²) in [5.41, 5.74) is 0.280. The molecule has 1 aromatic heterocycles. The largest absolute Gasteiger partial charge is 0.340 e. The Labute approximate surface area is 107 Å². The van der Waals surface area contributed by atoms with Crippen LogP contribution in [-0.2, 0) is 0 Å². The number of hydrogen-bond donors (Lipinski definition) is 0. The zero-order valence-corrected chi connectivity index (χ0v) is 10.4. The highest BCUT2D eigenvalue weighted by atomic mass is 16.6. The van der Waals surface area contributed by atoms with Crippen molar-refractivity contribution in [1.82, 2.24) is 9.13 Å². The maximum Gasteiger partial charge on any atom is 0.340 e. The number of nitrogens with zero attached hydrogens (tertiary/aromatic N) is 3. The van der Waals surface area contributed by atoms with Crippen LogP contribution in [0.25, 0.3) is 16.7 Å². The third-order valence-electron chi connectivity index (χ3n) is 2.73. The molecule has 0 bridgehead atoms. The van der Waals surface area contributed by atoms with Gasteiger partial charge in [0.2, 0.25) is 5.91 Å². The second kappa shape index (κ2) is 4.20. The van der Waals surface area contributed by atoms with Crippen molar-refractivity contribution in [2.24, 2.45) is 0 Å². The van der Waals surface area contributed by atoms with Gasteiger partial charge in [0.15, 0.2) is 0 Å². The van der Waals surface area contributed by atoms with Crippen LogP contribution in [0.3, 0.4) is 0 Å². The normalized spacial score (nSPS) is 10.6. The summed E-state index contributed by atoms with van der Waals surface area (Å²) in [7, 11) is 0. The molecule has 0 amide bonds. The first-order valence-electron chi connectivity index (χ1n) is 5.43. The number of carbonyl (C=O) groups is 1. The van der Waals surface area contributed by atoms with Crippen molar-refractivity contribution in [1.29, 1.82) is 0 Å². The fraction of sp³-hybridized carbons (Fsp3) is 0.167. The lowest BCUT2D eigenvalue weighted by Gasteiger charge is -1.99. The van der Waals surface area contributed by atoms with Gasteiger partial charge < -0.3 is 0 Å². The highest BCUT2D eigenvalue weighted by Crippen LogP contribution is 2.22. The van der Waals surface area contributed by atoms with Gasteiger partial charge in [0.1, 0.15) is 0 Å². The van der Waals surface area contributed by atoms with Crippen molar-refractivity contribution in [3.8, 4) is 0 Å². The smallest absolute Gasteiger partial charge is 0.274 e. The van der Waals surface area contributed by atoms with Crippen LogP contribution in [0.5, 0.6) is 0 Å². The minimum Gasteiger partial charge on any atom is -0.274 e. The molecule has 0 unspecified atom stereocenters. The maximum absolute atomic E-state index is 12.1. The van der Waals surface area contributed by atoms with Crippen LogP contribution in [-0.4, -0.2) is 20.0 Å². The molecule has 0 aliphatic carbocycles. The minimum atomic E-state index is -0.574. The van der Waals surface area contributed by atoms with E-state index < -0.39 is 16.5 Å². The van der Waals surface area contributed by atoms with Crippen LogP contribution in [0.15, 0.2) is 29.6 Å². The zero-order chi connectivity index (χ0) is 14.3. The van der Waals surface area contributed by atoms with Gasteiger partial charge in [-0.25, -0.2) is 9.36 Å². The Balaban J connectivity index is 2.99. The monoisotopic (exact) mass is 261 g/mol. The summed E-state index contributed by atoms with van der Waals surface area (Å²) in [5.74, 6) is -0.455. The first-order chi connectivity index (χ1) is 8.84. The first kappa shape index (κ1) is 12.7. The zero-order valence-electron chi connectivity index (χ0n) is 10.4. The number of benzene rings is 1. The highest BCUT2D eigenvalue weighted by molar-refractivity contribution is 5.91. The number of nitro groups is 1. The molecule has 0 fully saturated rings. The lowest BCUT2D eigenvalue weighted by molar-refractivity contribution is -0.384. The van der Waals surface area contributed by atoms with E-state index in [4.69, 9.17) is 0 Å². The van der Waals surface area contributed by atoms with Crippen molar-refractivity contribution >= 4 is 28.3 Å². The van der Waals surface area contributed by atoms with Crippen LogP contribution in [0.2, 0.25) is 0 Å². The third kappa shape index (κ3) is 1.85. The van der Waals surface area contributed by atoms with Crippen LogP contribution in [0.1, 0.15) is 18.6 Å². The molecule has 0 N–H and O–H groups in total. The molecule has 19 heavy (non-hydrogen) atoms. The second-order valence-electron chi connectivity index (χ2n) is 4.14. The maximum atomic E-state index is 12.1. The van der Waals surface area contributed by atoms with Gasteiger partial charge in [-0.05, 0) is 13.0 Å². The van der Waals surface area contributed by atoms with Gasteiger partial charge in [-0.2, -0.15) is 0 Å². The molecule has 1 aromatic carbocycles. The fourth-order valence-corrected chi connectivity index (χ4v) is 1.97. The van der Waals surface area contributed by atoms with E-state index in [0.29, 0.717) is 16.7 Å². The van der Waals surface area contributed by atoms with Crippen LogP contribution in [0.4, 0.5) is 5.69 Å². The molecule has 0 aliphatic heterocycles.